The Hall–Kier alpha value is -1.20. The van der Waals surface area contributed by atoms with Crippen molar-refractivity contribution in [3.8, 4) is 0 Å². The van der Waals surface area contributed by atoms with Crippen LogP contribution >= 0.6 is 0 Å². The van der Waals surface area contributed by atoms with E-state index >= 15 is 0 Å². The minimum absolute atomic E-state index is 0.101. The lowest BCUT2D eigenvalue weighted by molar-refractivity contribution is 0.114. The number of hydrogen-bond donors (Lipinski definition) is 0. The van der Waals surface area contributed by atoms with Gasteiger partial charge in [-0.05, 0) is 24.0 Å². The van der Waals surface area contributed by atoms with Crippen molar-refractivity contribution in [3.63, 3.8) is 0 Å². The molecule has 0 fully saturated rings. The van der Waals surface area contributed by atoms with Gasteiger partial charge in [0.05, 0.1) is 5.54 Å². The second-order valence-electron chi connectivity index (χ2n) is 5.27. The molecule has 0 spiro atoms. The van der Waals surface area contributed by atoms with Gasteiger partial charge in [0.25, 0.3) is 0 Å². The van der Waals surface area contributed by atoms with Crippen LogP contribution in [0.2, 0.25) is 0 Å². The molecular formula is C17H24O3Si. The molecule has 0 aromatic heterocycles. The van der Waals surface area contributed by atoms with Crippen molar-refractivity contribution < 1.29 is 13.3 Å². The summed E-state index contributed by atoms with van der Waals surface area (Å²) in [4.78, 5) is 0. The van der Waals surface area contributed by atoms with E-state index in [2.05, 4.69) is 49.4 Å². The minimum Gasteiger partial charge on any atom is -0.376 e. The van der Waals surface area contributed by atoms with Crippen molar-refractivity contribution in [1.82, 2.24) is 0 Å². The first-order valence-corrected chi connectivity index (χ1v) is 9.05. The summed E-state index contributed by atoms with van der Waals surface area (Å²) in [5, 5.41) is 0. The SMILES string of the molecule is CO[Si](OC)(OC)C(C)c1ccccc1CC1=CC=CC1. The first-order valence-electron chi connectivity index (χ1n) is 7.24. The van der Waals surface area contributed by atoms with Crippen LogP contribution < -0.4 is 0 Å². The zero-order valence-electron chi connectivity index (χ0n) is 13.3. The highest BCUT2D eigenvalue weighted by Crippen LogP contribution is 2.32. The molecule has 1 aliphatic carbocycles. The molecule has 0 aliphatic heterocycles. The van der Waals surface area contributed by atoms with Gasteiger partial charge < -0.3 is 13.3 Å². The molecule has 0 saturated carbocycles. The van der Waals surface area contributed by atoms with Crippen LogP contribution in [0.1, 0.15) is 30.0 Å². The van der Waals surface area contributed by atoms with Crippen LogP contribution in [0.25, 0.3) is 0 Å². The van der Waals surface area contributed by atoms with Crippen LogP contribution in [0.4, 0.5) is 0 Å². The van der Waals surface area contributed by atoms with E-state index in [0.29, 0.717) is 0 Å². The molecule has 4 heteroatoms. The lowest BCUT2D eigenvalue weighted by Gasteiger charge is -2.31. The Morgan fingerprint density at radius 2 is 1.76 bits per heavy atom. The van der Waals surface area contributed by atoms with E-state index in [4.69, 9.17) is 13.3 Å². The Kier molecular flexibility index (Phi) is 5.53. The fourth-order valence-corrected chi connectivity index (χ4v) is 5.18. The Bertz CT molecular complexity index is 524. The highest BCUT2D eigenvalue weighted by molar-refractivity contribution is 6.62. The lowest BCUT2D eigenvalue weighted by atomic mass is 9.97. The minimum atomic E-state index is -2.68. The third kappa shape index (κ3) is 3.35. The van der Waals surface area contributed by atoms with E-state index in [0.717, 1.165) is 12.8 Å². The van der Waals surface area contributed by atoms with Gasteiger partial charge in [0.15, 0.2) is 0 Å². The molecule has 1 unspecified atom stereocenters. The smallest absolute Gasteiger partial charge is 0.376 e. The molecule has 0 heterocycles. The number of benzene rings is 1. The molecule has 3 nitrogen and oxygen atoms in total. The molecule has 21 heavy (non-hydrogen) atoms. The Labute approximate surface area is 128 Å². The molecule has 1 aromatic rings. The molecule has 0 radical (unpaired) electrons. The van der Waals surface area contributed by atoms with Crippen molar-refractivity contribution in [2.45, 2.75) is 25.3 Å². The number of allylic oxidation sites excluding steroid dienone is 4. The van der Waals surface area contributed by atoms with Crippen LogP contribution in [0.15, 0.2) is 48.1 Å². The van der Waals surface area contributed by atoms with Gasteiger partial charge in [0.2, 0.25) is 0 Å². The second-order valence-corrected chi connectivity index (χ2v) is 8.57. The van der Waals surface area contributed by atoms with Gasteiger partial charge in [-0.2, -0.15) is 0 Å². The maximum absolute atomic E-state index is 5.64. The third-order valence-corrected chi connectivity index (χ3v) is 7.25. The molecule has 1 atom stereocenters. The summed E-state index contributed by atoms with van der Waals surface area (Å²) in [6.45, 7) is 2.13. The normalized spacial score (nSPS) is 16.1. The lowest BCUT2D eigenvalue weighted by Crippen LogP contribution is -2.48. The van der Waals surface area contributed by atoms with Crippen LogP contribution in [0.5, 0.6) is 0 Å². The van der Waals surface area contributed by atoms with Gasteiger partial charge in [-0.1, -0.05) is 55.0 Å². The standard InChI is InChI=1S/C17H24O3Si/c1-14(21(18-2,19-3)20-4)17-12-8-7-11-16(17)13-15-9-5-6-10-15/h5-9,11-12,14H,10,13H2,1-4H3. The van der Waals surface area contributed by atoms with Gasteiger partial charge in [-0.25, -0.2) is 0 Å². The van der Waals surface area contributed by atoms with Crippen molar-refractivity contribution in [2.75, 3.05) is 21.3 Å². The second kappa shape index (κ2) is 7.18. The van der Waals surface area contributed by atoms with Crippen molar-refractivity contribution >= 4 is 8.80 Å². The van der Waals surface area contributed by atoms with E-state index in [1.54, 1.807) is 21.3 Å². The molecule has 114 valence electrons. The summed E-state index contributed by atoms with van der Waals surface area (Å²) in [5.41, 5.74) is 4.11. The Morgan fingerprint density at radius 1 is 1.10 bits per heavy atom. The maximum atomic E-state index is 5.64. The summed E-state index contributed by atoms with van der Waals surface area (Å²) in [6, 6.07) is 8.49. The van der Waals surface area contributed by atoms with Crippen molar-refractivity contribution in [2.24, 2.45) is 0 Å². The quantitative estimate of drug-likeness (QED) is 0.720. The van der Waals surface area contributed by atoms with Crippen LogP contribution in [-0.4, -0.2) is 30.1 Å². The van der Waals surface area contributed by atoms with Gasteiger partial charge >= 0.3 is 8.80 Å². The topological polar surface area (TPSA) is 27.7 Å². The summed E-state index contributed by atoms with van der Waals surface area (Å²) in [5.74, 6) is 0. The fraction of sp³-hybridized carbons (Fsp3) is 0.412. The van der Waals surface area contributed by atoms with Crippen LogP contribution in [0, 0.1) is 0 Å². The largest absolute Gasteiger partial charge is 0.507 e. The average molecular weight is 304 g/mol. The molecule has 0 N–H and O–H groups in total. The van der Waals surface area contributed by atoms with E-state index in [1.807, 2.05) is 0 Å². The van der Waals surface area contributed by atoms with E-state index < -0.39 is 8.80 Å². The summed E-state index contributed by atoms with van der Waals surface area (Å²) in [7, 11) is 2.32. The van der Waals surface area contributed by atoms with Crippen molar-refractivity contribution in [1.29, 1.82) is 0 Å². The summed E-state index contributed by atoms with van der Waals surface area (Å²) in [6.07, 6.45) is 8.54. The highest BCUT2D eigenvalue weighted by atomic mass is 28.4. The van der Waals surface area contributed by atoms with Crippen molar-refractivity contribution in [3.05, 3.63) is 59.2 Å². The summed E-state index contributed by atoms with van der Waals surface area (Å²) < 4.78 is 16.9. The number of hydrogen-bond acceptors (Lipinski definition) is 3. The first kappa shape index (κ1) is 16.2. The molecular weight excluding hydrogens is 280 g/mol. The summed E-state index contributed by atoms with van der Waals surface area (Å²) >= 11 is 0. The number of rotatable bonds is 7. The van der Waals surface area contributed by atoms with Gasteiger partial charge in [0, 0.05) is 21.3 Å². The first-order chi connectivity index (χ1) is 10.2. The Balaban J connectivity index is 2.30. The average Bonchev–Trinajstić information content (AvgIpc) is 3.03. The molecule has 0 bridgehead atoms. The maximum Gasteiger partial charge on any atom is 0.507 e. The zero-order chi connectivity index (χ0) is 15.3. The third-order valence-electron chi connectivity index (χ3n) is 4.17. The van der Waals surface area contributed by atoms with E-state index in [9.17, 15) is 0 Å². The van der Waals surface area contributed by atoms with Gasteiger partial charge in [0.1, 0.15) is 0 Å². The predicted octanol–water partition coefficient (Wildman–Crippen LogP) is 3.64. The Morgan fingerprint density at radius 3 is 2.33 bits per heavy atom. The van der Waals surface area contributed by atoms with Crippen LogP contribution in [-0.2, 0) is 19.7 Å². The molecule has 2 rings (SSSR count). The van der Waals surface area contributed by atoms with Gasteiger partial charge in [-0.3, -0.25) is 0 Å². The monoisotopic (exact) mass is 304 g/mol. The van der Waals surface area contributed by atoms with E-state index in [-0.39, 0.29) is 5.54 Å². The molecule has 0 saturated heterocycles. The van der Waals surface area contributed by atoms with Gasteiger partial charge in [-0.15, -0.1) is 0 Å². The highest BCUT2D eigenvalue weighted by Gasteiger charge is 2.46. The molecule has 0 amide bonds. The van der Waals surface area contributed by atoms with Crippen LogP contribution in [0.3, 0.4) is 0 Å². The molecule has 1 aliphatic rings. The fourth-order valence-electron chi connectivity index (χ4n) is 2.96. The van der Waals surface area contributed by atoms with E-state index in [1.165, 1.54) is 16.7 Å². The molecule has 1 aromatic carbocycles. The zero-order valence-corrected chi connectivity index (χ0v) is 14.3. The predicted molar refractivity (Wildman–Crippen MR) is 87.2 cm³/mol.